The molecule has 39 heavy (non-hydrogen) atoms. The summed E-state index contributed by atoms with van der Waals surface area (Å²) < 4.78 is 0. The van der Waals surface area contributed by atoms with Gasteiger partial charge in [0, 0.05) is 13.0 Å². The molecular weight excluding hydrogens is 500 g/mol. The van der Waals surface area contributed by atoms with Gasteiger partial charge in [-0.1, -0.05) is 62.7 Å². The molecule has 3 amide bonds. The Hall–Kier alpha value is -3.92. The minimum absolute atomic E-state index is 0.0207. The maximum absolute atomic E-state index is 13.7. The molecule has 0 bridgehead atoms. The van der Waals surface area contributed by atoms with Crippen molar-refractivity contribution in [3.63, 3.8) is 0 Å². The molecule has 0 aliphatic carbocycles. The van der Waals surface area contributed by atoms with E-state index in [1.165, 1.54) is 17.0 Å². The lowest BCUT2D eigenvalue weighted by molar-refractivity contribution is -0.145. The predicted molar refractivity (Wildman–Crippen MR) is 146 cm³/mol. The number of carbonyl (C=O) groups is 4. The molecule has 10 heteroatoms. The summed E-state index contributed by atoms with van der Waals surface area (Å²) in [7, 11) is 0. The number of aromatic hydroxyl groups is 1. The molecule has 1 aliphatic rings. The summed E-state index contributed by atoms with van der Waals surface area (Å²) in [6, 6.07) is 11.7. The van der Waals surface area contributed by atoms with Crippen LogP contribution in [-0.2, 0) is 32.0 Å². The minimum Gasteiger partial charge on any atom is -0.508 e. The second kappa shape index (κ2) is 13.7. The first kappa shape index (κ1) is 29.6. The highest BCUT2D eigenvalue weighted by Crippen LogP contribution is 2.22. The van der Waals surface area contributed by atoms with Gasteiger partial charge in [0.1, 0.15) is 23.9 Å². The third-order valence-corrected chi connectivity index (χ3v) is 7.24. The van der Waals surface area contributed by atoms with Crippen molar-refractivity contribution in [1.29, 1.82) is 0 Å². The summed E-state index contributed by atoms with van der Waals surface area (Å²) in [6.45, 7) is 4.09. The van der Waals surface area contributed by atoms with Crippen molar-refractivity contribution in [1.82, 2.24) is 15.5 Å². The summed E-state index contributed by atoms with van der Waals surface area (Å²) in [5, 5.41) is 24.6. The topological polar surface area (TPSA) is 162 Å². The Morgan fingerprint density at radius 1 is 1.00 bits per heavy atom. The normalized spacial score (nSPS) is 18.0. The largest absolute Gasteiger partial charge is 0.508 e. The van der Waals surface area contributed by atoms with Crippen molar-refractivity contribution in [3.05, 3.63) is 65.7 Å². The van der Waals surface area contributed by atoms with E-state index >= 15 is 0 Å². The SMILES string of the molecule is CCC(C)C(NC(=O)C(N)Cc1ccccc1)C(=O)N1CCCC1C(=O)NC(Cc1ccc(O)cc1)C(=O)O. The molecule has 2 aromatic rings. The van der Waals surface area contributed by atoms with Gasteiger partial charge in [-0.2, -0.15) is 0 Å². The summed E-state index contributed by atoms with van der Waals surface area (Å²) >= 11 is 0. The summed E-state index contributed by atoms with van der Waals surface area (Å²) in [5.41, 5.74) is 7.69. The van der Waals surface area contributed by atoms with Gasteiger partial charge in [-0.3, -0.25) is 14.4 Å². The van der Waals surface area contributed by atoms with E-state index in [0.717, 1.165) is 5.56 Å². The Morgan fingerprint density at radius 3 is 2.26 bits per heavy atom. The number of hydrogen-bond donors (Lipinski definition) is 5. The van der Waals surface area contributed by atoms with Gasteiger partial charge in [-0.05, 0) is 48.4 Å². The Labute approximate surface area is 228 Å². The number of hydrogen-bond acceptors (Lipinski definition) is 6. The lowest BCUT2D eigenvalue weighted by Gasteiger charge is -2.32. The zero-order chi connectivity index (χ0) is 28.5. The second-order valence-electron chi connectivity index (χ2n) is 10.1. The zero-order valence-corrected chi connectivity index (χ0v) is 22.4. The van der Waals surface area contributed by atoms with Crippen LogP contribution >= 0.6 is 0 Å². The third-order valence-electron chi connectivity index (χ3n) is 7.24. The quantitative estimate of drug-likeness (QED) is 0.274. The molecule has 0 saturated carbocycles. The van der Waals surface area contributed by atoms with E-state index in [1.807, 2.05) is 44.2 Å². The number of carboxylic acid groups (broad SMARTS) is 1. The van der Waals surface area contributed by atoms with Crippen molar-refractivity contribution < 1.29 is 29.4 Å². The highest BCUT2D eigenvalue weighted by molar-refractivity contribution is 5.94. The van der Waals surface area contributed by atoms with Gasteiger partial charge in [0.2, 0.25) is 17.7 Å². The molecule has 1 aliphatic heterocycles. The summed E-state index contributed by atoms with van der Waals surface area (Å²) in [6.07, 6.45) is 1.92. The number of nitrogens with two attached hydrogens (primary N) is 1. The molecule has 3 rings (SSSR count). The van der Waals surface area contributed by atoms with Gasteiger partial charge in [0.05, 0.1) is 6.04 Å². The van der Waals surface area contributed by atoms with Crippen molar-refractivity contribution in [3.8, 4) is 5.75 Å². The first-order valence-electron chi connectivity index (χ1n) is 13.3. The highest BCUT2D eigenvalue weighted by Gasteiger charge is 2.40. The number of nitrogens with zero attached hydrogens (tertiary/aromatic N) is 1. The molecule has 6 N–H and O–H groups in total. The second-order valence-corrected chi connectivity index (χ2v) is 10.1. The van der Waals surface area contributed by atoms with Crippen LogP contribution in [0.25, 0.3) is 0 Å². The van der Waals surface area contributed by atoms with Gasteiger partial charge < -0.3 is 31.5 Å². The zero-order valence-electron chi connectivity index (χ0n) is 22.4. The van der Waals surface area contributed by atoms with E-state index in [9.17, 15) is 29.4 Å². The van der Waals surface area contributed by atoms with Crippen LogP contribution in [0, 0.1) is 5.92 Å². The van der Waals surface area contributed by atoms with Crippen LogP contribution in [0.2, 0.25) is 0 Å². The predicted octanol–water partition coefficient (Wildman–Crippen LogP) is 1.60. The van der Waals surface area contributed by atoms with Crippen molar-refractivity contribution in [2.24, 2.45) is 11.7 Å². The van der Waals surface area contributed by atoms with Gasteiger partial charge in [0.15, 0.2) is 0 Å². The number of amides is 3. The maximum atomic E-state index is 13.7. The Bertz CT molecular complexity index is 1140. The smallest absolute Gasteiger partial charge is 0.326 e. The van der Waals surface area contributed by atoms with E-state index in [4.69, 9.17) is 5.73 Å². The molecule has 0 spiro atoms. The van der Waals surface area contributed by atoms with Crippen LogP contribution in [0.1, 0.15) is 44.2 Å². The number of phenols is 1. The first-order chi connectivity index (χ1) is 18.6. The van der Waals surface area contributed by atoms with Crippen LogP contribution in [0.15, 0.2) is 54.6 Å². The summed E-state index contributed by atoms with van der Waals surface area (Å²) in [5.74, 6) is -2.74. The standard InChI is InChI=1S/C29H38N4O6/c1-3-18(2)25(32-26(35)22(30)16-19-8-5-4-6-9-19)28(37)33-15-7-10-24(33)27(36)31-23(29(38)39)17-20-11-13-21(34)14-12-20/h4-6,8-9,11-14,18,22-25,34H,3,7,10,15-17,30H2,1-2H3,(H,31,36)(H,32,35)(H,38,39). The van der Waals surface area contributed by atoms with Crippen LogP contribution < -0.4 is 16.4 Å². The van der Waals surface area contributed by atoms with Crippen LogP contribution in [0.4, 0.5) is 0 Å². The van der Waals surface area contributed by atoms with Gasteiger partial charge in [-0.25, -0.2) is 4.79 Å². The van der Waals surface area contributed by atoms with Crippen LogP contribution in [0.5, 0.6) is 5.75 Å². The fourth-order valence-corrected chi connectivity index (χ4v) is 4.72. The fraction of sp³-hybridized carbons (Fsp3) is 0.448. The van der Waals surface area contributed by atoms with E-state index in [1.54, 1.807) is 12.1 Å². The number of aliphatic carboxylic acids is 1. The van der Waals surface area contributed by atoms with Crippen molar-refractivity contribution >= 4 is 23.7 Å². The molecule has 2 aromatic carbocycles. The van der Waals surface area contributed by atoms with E-state index in [0.29, 0.717) is 37.8 Å². The maximum Gasteiger partial charge on any atom is 0.326 e. The highest BCUT2D eigenvalue weighted by atomic mass is 16.4. The molecule has 5 unspecified atom stereocenters. The molecule has 10 nitrogen and oxygen atoms in total. The van der Waals surface area contributed by atoms with Crippen LogP contribution in [0.3, 0.4) is 0 Å². The van der Waals surface area contributed by atoms with E-state index < -0.39 is 42.0 Å². The first-order valence-corrected chi connectivity index (χ1v) is 13.3. The summed E-state index contributed by atoms with van der Waals surface area (Å²) in [4.78, 5) is 53.2. The molecule has 1 heterocycles. The van der Waals surface area contributed by atoms with E-state index in [2.05, 4.69) is 10.6 Å². The molecule has 1 fully saturated rings. The number of phenolic OH excluding ortho intramolecular Hbond substituents is 1. The Kier molecular flexibility index (Phi) is 10.4. The number of rotatable bonds is 12. The van der Waals surface area contributed by atoms with Gasteiger partial charge >= 0.3 is 5.97 Å². The molecule has 1 saturated heterocycles. The monoisotopic (exact) mass is 538 g/mol. The average Bonchev–Trinajstić information content (AvgIpc) is 3.42. The van der Waals surface area contributed by atoms with Gasteiger partial charge in [-0.15, -0.1) is 0 Å². The lowest BCUT2D eigenvalue weighted by atomic mass is 9.96. The van der Waals surface area contributed by atoms with E-state index in [-0.39, 0.29) is 24.0 Å². The number of likely N-dealkylation sites (tertiary alicyclic amines) is 1. The number of carbonyl (C=O) groups excluding carboxylic acids is 3. The number of carboxylic acids is 1. The Balaban J connectivity index is 1.69. The molecular formula is C29H38N4O6. The average molecular weight is 539 g/mol. The van der Waals surface area contributed by atoms with Crippen LogP contribution in [-0.4, -0.2) is 69.5 Å². The minimum atomic E-state index is -1.21. The molecule has 210 valence electrons. The molecule has 5 atom stereocenters. The van der Waals surface area contributed by atoms with Crippen molar-refractivity contribution in [2.45, 2.75) is 70.1 Å². The fourth-order valence-electron chi connectivity index (χ4n) is 4.72. The molecule has 0 aromatic heterocycles. The molecule has 0 radical (unpaired) electrons. The Morgan fingerprint density at radius 2 is 1.64 bits per heavy atom. The van der Waals surface area contributed by atoms with Gasteiger partial charge in [0.25, 0.3) is 0 Å². The van der Waals surface area contributed by atoms with Crippen molar-refractivity contribution in [2.75, 3.05) is 6.54 Å². The lowest BCUT2D eigenvalue weighted by Crippen LogP contribution is -2.58. The number of nitrogens with one attached hydrogen (secondary N) is 2. The number of benzene rings is 2. The third kappa shape index (κ3) is 8.03.